The van der Waals surface area contributed by atoms with Crippen LogP contribution in [0.1, 0.15) is 5.56 Å². The van der Waals surface area contributed by atoms with Crippen LogP contribution in [0, 0.1) is 0 Å². The minimum atomic E-state index is -0.207. The van der Waals surface area contributed by atoms with E-state index in [-0.39, 0.29) is 6.03 Å². The summed E-state index contributed by atoms with van der Waals surface area (Å²) < 4.78 is 5.03. The number of nitrogens with one attached hydrogen (secondary N) is 2. The first-order valence-electron chi connectivity index (χ1n) is 5.11. The molecule has 0 aliphatic carbocycles. The predicted octanol–water partition coefficient (Wildman–Crippen LogP) is 0.453. The molecule has 0 saturated heterocycles. The Hall–Kier alpha value is -1.75. The van der Waals surface area contributed by atoms with E-state index < -0.39 is 0 Å². The van der Waals surface area contributed by atoms with Crippen LogP contribution in [-0.4, -0.2) is 26.2 Å². The SMILES string of the molecule is COc1ccc(CNC(=O)NCCN)cc1. The molecular weight excluding hydrogens is 206 g/mol. The number of methoxy groups -OCH3 is 1. The molecule has 1 aromatic rings. The summed E-state index contributed by atoms with van der Waals surface area (Å²) in [5, 5.41) is 5.35. The third-order valence-electron chi connectivity index (χ3n) is 2.04. The Balaban J connectivity index is 2.33. The van der Waals surface area contributed by atoms with Crippen molar-refractivity contribution < 1.29 is 9.53 Å². The van der Waals surface area contributed by atoms with E-state index in [1.54, 1.807) is 7.11 Å². The van der Waals surface area contributed by atoms with Gasteiger partial charge in [0.2, 0.25) is 0 Å². The maximum absolute atomic E-state index is 11.2. The Morgan fingerprint density at radius 3 is 2.56 bits per heavy atom. The summed E-state index contributed by atoms with van der Waals surface area (Å²) in [6.07, 6.45) is 0. The standard InChI is InChI=1S/C11H17N3O2/c1-16-10-4-2-9(3-5-10)8-14-11(15)13-7-6-12/h2-5H,6-8,12H2,1H3,(H2,13,14,15). The smallest absolute Gasteiger partial charge is 0.315 e. The largest absolute Gasteiger partial charge is 0.497 e. The highest BCUT2D eigenvalue weighted by molar-refractivity contribution is 5.73. The number of urea groups is 1. The number of nitrogens with two attached hydrogens (primary N) is 1. The van der Waals surface area contributed by atoms with E-state index in [2.05, 4.69) is 10.6 Å². The average Bonchev–Trinajstić information content (AvgIpc) is 2.34. The number of benzene rings is 1. The molecule has 2 amide bonds. The predicted molar refractivity (Wildman–Crippen MR) is 62.3 cm³/mol. The fourth-order valence-electron chi connectivity index (χ4n) is 1.17. The van der Waals surface area contributed by atoms with Gasteiger partial charge in [-0.2, -0.15) is 0 Å². The van der Waals surface area contributed by atoms with E-state index in [0.29, 0.717) is 19.6 Å². The number of amides is 2. The molecule has 0 unspecified atom stereocenters. The van der Waals surface area contributed by atoms with Crippen molar-refractivity contribution in [1.82, 2.24) is 10.6 Å². The molecule has 16 heavy (non-hydrogen) atoms. The molecule has 88 valence electrons. The summed E-state index contributed by atoms with van der Waals surface area (Å²) in [6, 6.07) is 7.31. The molecule has 5 nitrogen and oxygen atoms in total. The first kappa shape index (κ1) is 12.3. The van der Waals surface area contributed by atoms with Crippen LogP contribution < -0.4 is 21.1 Å². The van der Waals surface area contributed by atoms with E-state index in [1.807, 2.05) is 24.3 Å². The maximum atomic E-state index is 11.2. The van der Waals surface area contributed by atoms with Crippen molar-refractivity contribution in [3.63, 3.8) is 0 Å². The summed E-state index contributed by atoms with van der Waals surface area (Å²) >= 11 is 0. The molecule has 0 aliphatic rings. The Morgan fingerprint density at radius 1 is 1.31 bits per heavy atom. The second kappa shape index (κ2) is 6.68. The van der Waals surface area contributed by atoms with Crippen molar-refractivity contribution in [2.24, 2.45) is 5.73 Å². The summed E-state index contributed by atoms with van der Waals surface area (Å²) in [5.74, 6) is 0.802. The lowest BCUT2D eigenvalue weighted by atomic mass is 10.2. The zero-order valence-corrected chi connectivity index (χ0v) is 9.32. The lowest BCUT2D eigenvalue weighted by Gasteiger charge is -2.07. The highest BCUT2D eigenvalue weighted by atomic mass is 16.5. The van der Waals surface area contributed by atoms with Crippen LogP contribution in [-0.2, 0) is 6.54 Å². The van der Waals surface area contributed by atoms with Crippen LogP contribution in [0.2, 0.25) is 0 Å². The quantitative estimate of drug-likeness (QED) is 0.678. The average molecular weight is 223 g/mol. The van der Waals surface area contributed by atoms with Crippen LogP contribution >= 0.6 is 0 Å². The number of carbonyl (C=O) groups excluding carboxylic acids is 1. The molecular formula is C11H17N3O2. The second-order valence-corrected chi connectivity index (χ2v) is 3.25. The maximum Gasteiger partial charge on any atom is 0.315 e. The lowest BCUT2D eigenvalue weighted by molar-refractivity contribution is 0.241. The van der Waals surface area contributed by atoms with E-state index in [9.17, 15) is 4.79 Å². The third-order valence-corrected chi connectivity index (χ3v) is 2.04. The van der Waals surface area contributed by atoms with Gasteiger partial charge in [-0.05, 0) is 17.7 Å². The van der Waals surface area contributed by atoms with Crippen LogP contribution in [0.4, 0.5) is 4.79 Å². The summed E-state index contributed by atoms with van der Waals surface area (Å²) in [5.41, 5.74) is 6.28. The Bertz CT molecular complexity index is 325. The molecule has 0 atom stereocenters. The van der Waals surface area contributed by atoms with Crippen molar-refractivity contribution in [3.8, 4) is 5.75 Å². The highest BCUT2D eigenvalue weighted by Crippen LogP contribution is 2.10. The van der Waals surface area contributed by atoms with Crippen molar-refractivity contribution >= 4 is 6.03 Å². The van der Waals surface area contributed by atoms with Crippen LogP contribution in [0.5, 0.6) is 5.75 Å². The molecule has 0 saturated carbocycles. The van der Waals surface area contributed by atoms with E-state index >= 15 is 0 Å². The summed E-state index contributed by atoms with van der Waals surface area (Å²) in [6.45, 7) is 1.41. The fraction of sp³-hybridized carbons (Fsp3) is 0.364. The molecule has 1 rings (SSSR count). The first-order chi connectivity index (χ1) is 7.76. The van der Waals surface area contributed by atoms with Gasteiger partial charge in [-0.1, -0.05) is 12.1 Å². The van der Waals surface area contributed by atoms with Gasteiger partial charge in [0.15, 0.2) is 0 Å². The van der Waals surface area contributed by atoms with Gasteiger partial charge in [0, 0.05) is 19.6 Å². The number of hydrogen-bond donors (Lipinski definition) is 3. The van der Waals surface area contributed by atoms with Gasteiger partial charge in [-0.3, -0.25) is 0 Å². The molecule has 0 heterocycles. The highest BCUT2D eigenvalue weighted by Gasteiger charge is 1.99. The van der Waals surface area contributed by atoms with Crippen LogP contribution in [0.25, 0.3) is 0 Å². The van der Waals surface area contributed by atoms with Gasteiger partial charge in [0.05, 0.1) is 7.11 Å². The molecule has 0 aromatic heterocycles. The van der Waals surface area contributed by atoms with Gasteiger partial charge in [-0.25, -0.2) is 4.79 Å². The van der Waals surface area contributed by atoms with Crippen molar-refractivity contribution in [3.05, 3.63) is 29.8 Å². The van der Waals surface area contributed by atoms with Gasteiger partial charge in [0.25, 0.3) is 0 Å². The molecule has 0 aliphatic heterocycles. The normalized spacial score (nSPS) is 9.62. The molecule has 0 radical (unpaired) electrons. The zero-order valence-electron chi connectivity index (χ0n) is 9.32. The lowest BCUT2D eigenvalue weighted by Crippen LogP contribution is -2.37. The Kier molecular flexibility index (Phi) is 5.15. The van der Waals surface area contributed by atoms with Gasteiger partial charge >= 0.3 is 6.03 Å². The first-order valence-corrected chi connectivity index (χ1v) is 5.11. The molecule has 0 spiro atoms. The van der Waals surface area contributed by atoms with Crippen LogP contribution in [0.3, 0.4) is 0 Å². The minimum Gasteiger partial charge on any atom is -0.497 e. The second-order valence-electron chi connectivity index (χ2n) is 3.25. The molecule has 4 N–H and O–H groups in total. The number of hydrogen-bond acceptors (Lipinski definition) is 3. The van der Waals surface area contributed by atoms with E-state index in [1.165, 1.54) is 0 Å². The van der Waals surface area contributed by atoms with Crippen molar-refractivity contribution in [2.75, 3.05) is 20.2 Å². The van der Waals surface area contributed by atoms with E-state index in [0.717, 1.165) is 11.3 Å². The molecule has 0 bridgehead atoms. The van der Waals surface area contributed by atoms with Gasteiger partial charge < -0.3 is 21.1 Å². The Labute approximate surface area is 95.0 Å². The topological polar surface area (TPSA) is 76.4 Å². The number of carbonyl (C=O) groups is 1. The van der Waals surface area contributed by atoms with Crippen LogP contribution in [0.15, 0.2) is 24.3 Å². The summed E-state index contributed by atoms with van der Waals surface area (Å²) in [4.78, 5) is 11.2. The third kappa shape index (κ3) is 4.18. The van der Waals surface area contributed by atoms with E-state index in [4.69, 9.17) is 10.5 Å². The Morgan fingerprint density at radius 2 is 2.00 bits per heavy atom. The molecule has 0 fully saturated rings. The fourth-order valence-corrected chi connectivity index (χ4v) is 1.17. The molecule has 1 aromatic carbocycles. The van der Waals surface area contributed by atoms with Crippen molar-refractivity contribution in [1.29, 1.82) is 0 Å². The zero-order chi connectivity index (χ0) is 11.8. The minimum absolute atomic E-state index is 0.207. The molecule has 5 heteroatoms. The van der Waals surface area contributed by atoms with Gasteiger partial charge in [-0.15, -0.1) is 0 Å². The monoisotopic (exact) mass is 223 g/mol. The van der Waals surface area contributed by atoms with Crippen molar-refractivity contribution in [2.45, 2.75) is 6.54 Å². The number of ether oxygens (including phenoxy) is 1. The van der Waals surface area contributed by atoms with Gasteiger partial charge in [0.1, 0.15) is 5.75 Å². The summed E-state index contributed by atoms with van der Waals surface area (Å²) in [7, 11) is 1.62. The number of rotatable bonds is 5.